The van der Waals surface area contributed by atoms with E-state index in [1.54, 1.807) is 18.2 Å². The summed E-state index contributed by atoms with van der Waals surface area (Å²) in [6, 6.07) is 10.3. The highest BCUT2D eigenvalue weighted by Gasteiger charge is 2.11. The van der Waals surface area contributed by atoms with Gasteiger partial charge in [-0.05, 0) is 36.1 Å². The minimum Gasteiger partial charge on any atom is -0.482 e. The van der Waals surface area contributed by atoms with Crippen molar-refractivity contribution in [2.75, 3.05) is 13.2 Å². The van der Waals surface area contributed by atoms with Gasteiger partial charge in [-0.3, -0.25) is 10.1 Å². The number of ether oxygens (including phenoxy) is 2. The normalized spacial score (nSPS) is 9.96. The van der Waals surface area contributed by atoms with Crippen molar-refractivity contribution in [2.24, 2.45) is 0 Å². The van der Waals surface area contributed by atoms with Gasteiger partial charge in [-0.25, -0.2) is 9.59 Å². The van der Waals surface area contributed by atoms with E-state index in [-0.39, 0.29) is 6.61 Å². The molecule has 3 amide bonds. The molecule has 0 aliphatic rings. The second-order valence-corrected chi connectivity index (χ2v) is 6.11. The summed E-state index contributed by atoms with van der Waals surface area (Å²) >= 11 is 1.49. The number of thiophene rings is 1. The van der Waals surface area contributed by atoms with Gasteiger partial charge < -0.3 is 14.8 Å². The molecular formula is C17H18N2O5S. The predicted octanol–water partition coefficient (Wildman–Crippen LogP) is 2.00. The van der Waals surface area contributed by atoms with Crippen molar-refractivity contribution >= 4 is 29.2 Å². The Kier molecular flexibility index (Phi) is 6.97. The van der Waals surface area contributed by atoms with Crippen LogP contribution in [0.25, 0.3) is 0 Å². The quantitative estimate of drug-likeness (QED) is 0.735. The van der Waals surface area contributed by atoms with Crippen LogP contribution in [0.3, 0.4) is 0 Å². The number of imide groups is 1. The lowest BCUT2D eigenvalue weighted by molar-refractivity contribution is -0.150. The molecule has 0 aliphatic carbocycles. The molecule has 8 heteroatoms. The highest BCUT2D eigenvalue weighted by molar-refractivity contribution is 7.09. The lowest BCUT2D eigenvalue weighted by atomic mass is 10.2. The highest BCUT2D eigenvalue weighted by Crippen LogP contribution is 2.12. The molecule has 2 aromatic rings. The minimum absolute atomic E-state index is 0.318. The third-order valence-electron chi connectivity index (χ3n) is 2.97. The SMILES string of the molecule is Cc1cccc(OCC(=O)OCC(=O)NC(=O)NCc2cccs2)c1. The number of carbonyl (C=O) groups excluding carboxylic acids is 3. The molecule has 0 aliphatic heterocycles. The van der Waals surface area contributed by atoms with Gasteiger partial charge in [-0.15, -0.1) is 11.3 Å². The fourth-order valence-electron chi connectivity index (χ4n) is 1.82. The van der Waals surface area contributed by atoms with E-state index >= 15 is 0 Å². The zero-order chi connectivity index (χ0) is 18.1. The summed E-state index contributed by atoms with van der Waals surface area (Å²) in [6.07, 6.45) is 0. The summed E-state index contributed by atoms with van der Waals surface area (Å²) in [5.41, 5.74) is 0.999. The molecule has 132 valence electrons. The molecule has 1 aromatic heterocycles. The fourth-order valence-corrected chi connectivity index (χ4v) is 2.47. The first kappa shape index (κ1) is 18.5. The Morgan fingerprint density at radius 2 is 1.96 bits per heavy atom. The second-order valence-electron chi connectivity index (χ2n) is 5.08. The van der Waals surface area contributed by atoms with E-state index in [0.29, 0.717) is 12.3 Å². The van der Waals surface area contributed by atoms with E-state index in [1.165, 1.54) is 11.3 Å². The van der Waals surface area contributed by atoms with E-state index in [1.807, 2.05) is 30.5 Å². The van der Waals surface area contributed by atoms with Crippen LogP contribution in [0.2, 0.25) is 0 Å². The monoisotopic (exact) mass is 362 g/mol. The number of amides is 3. The van der Waals surface area contributed by atoms with Gasteiger partial charge in [0.25, 0.3) is 5.91 Å². The van der Waals surface area contributed by atoms with Gasteiger partial charge in [0.15, 0.2) is 13.2 Å². The number of carbonyl (C=O) groups is 3. The van der Waals surface area contributed by atoms with Crippen LogP contribution in [0.1, 0.15) is 10.4 Å². The van der Waals surface area contributed by atoms with E-state index in [4.69, 9.17) is 9.47 Å². The minimum atomic E-state index is -0.715. The first-order valence-corrected chi connectivity index (χ1v) is 8.36. The van der Waals surface area contributed by atoms with Gasteiger partial charge in [0.1, 0.15) is 5.75 Å². The lowest BCUT2D eigenvalue weighted by Crippen LogP contribution is -2.41. The van der Waals surface area contributed by atoms with Gasteiger partial charge >= 0.3 is 12.0 Å². The topological polar surface area (TPSA) is 93.7 Å². The van der Waals surface area contributed by atoms with Crippen LogP contribution in [0, 0.1) is 6.92 Å². The summed E-state index contributed by atoms with van der Waals surface area (Å²) in [4.78, 5) is 35.6. The lowest BCUT2D eigenvalue weighted by Gasteiger charge is -2.08. The van der Waals surface area contributed by atoms with Gasteiger partial charge in [0.2, 0.25) is 0 Å². The maximum atomic E-state index is 11.6. The Hall–Kier alpha value is -2.87. The average molecular weight is 362 g/mol. The number of urea groups is 1. The van der Waals surface area contributed by atoms with Crippen LogP contribution in [0.4, 0.5) is 4.79 Å². The molecule has 0 atom stereocenters. The highest BCUT2D eigenvalue weighted by atomic mass is 32.1. The van der Waals surface area contributed by atoms with E-state index in [9.17, 15) is 14.4 Å². The molecule has 0 radical (unpaired) electrons. The summed E-state index contributed by atoms with van der Waals surface area (Å²) in [5, 5.41) is 6.49. The first-order valence-electron chi connectivity index (χ1n) is 7.48. The number of hydrogen-bond donors (Lipinski definition) is 2. The Bertz CT molecular complexity index is 730. The zero-order valence-electron chi connectivity index (χ0n) is 13.6. The van der Waals surface area contributed by atoms with Crippen molar-refractivity contribution in [3.05, 3.63) is 52.2 Å². The van der Waals surface area contributed by atoms with Crippen molar-refractivity contribution in [1.29, 1.82) is 0 Å². The third kappa shape index (κ3) is 7.05. The summed E-state index contributed by atoms with van der Waals surface area (Å²) in [6.45, 7) is 1.35. The number of hydrogen-bond acceptors (Lipinski definition) is 6. The molecule has 1 aromatic carbocycles. The summed E-state index contributed by atoms with van der Waals surface area (Å²) in [5.74, 6) is -0.877. The zero-order valence-corrected chi connectivity index (χ0v) is 14.4. The Balaban J connectivity index is 1.61. The molecule has 0 fully saturated rings. The largest absolute Gasteiger partial charge is 0.482 e. The van der Waals surface area contributed by atoms with E-state index in [2.05, 4.69) is 10.6 Å². The van der Waals surface area contributed by atoms with Crippen molar-refractivity contribution in [3.8, 4) is 5.75 Å². The Labute approximate surface area is 148 Å². The van der Waals surface area contributed by atoms with Crippen LogP contribution >= 0.6 is 11.3 Å². The first-order chi connectivity index (χ1) is 12.0. The fraction of sp³-hybridized carbons (Fsp3) is 0.235. The van der Waals surface area contributed by atoms with Crippen LogP contribution < -0.4 is 15.4 Å². The molecular weight excluding hydrogens is 344 g/mol. The van der Waals surface area contributed by atoms with Crippen molar-refractivity contribution in [1.82, 2.24) is 10.6 Å². The van der Waals surface area contributed by atoms with Crippen LogP contribution in [-0.4, -0.2) is 31.1 Å². The number of esters is 1. The molecule has 2 N–H and O–H groups in total. The van der Waals surface area contributed by atoms with Crippen molar-refractivity contribution < 1.29 is 23.9 Å². The number of rotatable bonds is 7. The maximum absolute atomic E-state index is 11.6. The number of benzene rings is 1. The third-order valence-corrected chi connectivity index (χ3v) is 3.84. The molecule has 2 rings (SSSR count). The van der Waals surface area contributed by atoms with Gasteiger partial charge in [0, 0.05) is 4.88 Å². The smallest absolute Gasteiger partial charge is 0.344 e. The molecule has 1 heterocycles. The van der Waals surface area contributed by atoms with E-state index < -0.39 is 24.5 Å². The van der Waals surface area contributed by atoms with Crippen LogP contribution in [-0.2, 0) is 20.9 Å². The Morgan fingerprint density at radius 1 is 1.12 bits per heavy atom. The molecule has 0 bridgehead atoms. The van der Waals surface area contributed by atoms with Crippen molar-refractivity contribution in [2.45, 2.75) is 13.5 Å². The van der Waals surface area contributed by atoms with E-state index in [0.717, 1.165) is 10.4 Å². The molecule has 0 unspecified atom stereocenters. The molecule has 0 saturated carbocycles. The van der Waals surface area contributed by atoms with Gasteiger partial charge in [-0.1, -0.05) is 18.2 Å². The van der Waals surface area contributed by atoms with Crippen molar-refractivity contribution in [3.63, 3.8) is 0 Å². The molecule has 7 nitrogen and oxygen atoms in total. The van der Waals surface area contributed by atoms with Gasteiger partial charge in [-0.2, -0.15) is 0 Å². The predicted molar refractivity (Wildman–Crippen MR) is 92.3 cm³/mol. The summed E-state index contributed by atoms with van der Waals surface area (Å²) in [7, 11) is 0. The summed E-state index contributed by atoms with van der Waals surface area (Å²) < 4.78 is 10.0. The van der Waals surface area contributed by atoms with Gasteiger partial charge in [0.05, 0.1) is 6.54 Å². The number of aryl methyl sites for hydroxylation is 1. The molecule has 25 heavy (non-hydrogen) atoms. The standard InChI is InChI=1S/C17H18N2O5S/c1-12-4-2-5-13(8-12)23-11-16(21)24-10-15(20)19-17(22)18-9-14-6-3-7-25-14/h2-8H,9-11H2,1H3,(H2,18,19,20,22). The molecule has 0 spiro atoms. The molecule has 0 saturated heterocycles. The van der Waals surface area contributed by atoms with Crippen LogP contribution in [0.5, 0.6) is 5.75 Å². The van der Waals surface area contributed by atoms with Crippen LogP contribution in [0.15, 0.2) is 41.8 Å². The average Bonchev–Trinajstić information content (AvgIpc) is 3.10. The number of nitrogens with one attached hydrogen (secondary N) is 2. The second kappa shape index (κ2) is 9.43. The maximum Gasteiger partial charge on any atom is 0.344 e. The Morgan fingerprint density at radius 3 is 2.68 bits per heavy atom.